The van der Waals surface area contributed by atoms with Crippen LogP contribution in [0.1, 0.15) is 16.1 Å². The fourth-order valence-electron chi connectivity index (χ4n) is 2.40. The number of hydrogen-bond acceptors (Lipinski definition) is 4. The van der Waals surface area contributed by atoms with Crippen LogP contribution in [0.25, 0.3) is 0 Å². The van der Waals surface area contributed by atoms with Crippen LogP contribution in [-0.2, 0) is 0 Å². The van der Waals surface area contributed by atoms with E-state index in [0.29, 0.717) is 11.3 Å². The predicted molar refractivity (Wildman–Crippen MR) is 79.2 cm³/mol. The van der Waals surface area contributed by atoms with Crippen molar-refractivity contribution in [3.05, 3.63) is 59.9 Å². The molecule has 1 saturated heterocycles. The molecule has 0 unspecified atom stereocenters. The third kappa shape index (κ3) is 2.70. The van der Waals surface area contributed by atoms with Gasteiger partial charge in [-0.25, -0.2) is 0 Å². The van der Waals surface area contributed by atoms with Gasteiger partial charge in [0.15, 0.2) is 0 Å². The summed E-state index contributed by atoms with van der Waals surface area (Å²) in [5, 5.41) is 3.32. The van der Waals surface area contributed by atoms with Gasteiger partial charge < -0.3 is 10.2 Å². The number of carbonyl (C=O) groups excluding carboxylic acids is 1. The van der Waals surface area contributed by atoms with Gasteiger partial charge in [0.2, 0.25) is 5.78 Å². The average Bonchev–Trinajstić information content (AvgIpc) is 2.56. The van der Waals surface area contributed by atoms with E-state index in [1.807, 2.05) is 42.5 Å². The minimum absolute atomic E-state index is 0.0254. The zero-order valence-electron chi connectivity index (χ0n) is 11.2. The Kier molecular flexibility index (Phi) is 3.74. The van der Waals surface area contributed by atoms with Gasteiger partial charge in [0.25, 0.3) is 0 Å². The lowest BCUT2D eigenvalue weighted by atomic mass is 10.1. The highest BCUT2D eigenvalue weighted by atomic mass is 16.1. The van der Waals surface area contributed by atoms with Gasteiger partial charge in [-0.1, -0.05) is 30.3 Å². The molecule has 0 aliphatic carbocycles. The number of pyridine rings is 1. The molecule has 1 aliphatic heterocycles. The zero-order chi connectivity index (χ0) is 13.8. The van der Waals surface area contributed by atoms with Crippen LogP contribution < -0.4 is 10.2 Å². The molecule has 1 aliphatic rings. The molecular formula is C16H17N3O. The lowest BCUT2D eigenvalue weighted by Crippen LogP contribution is -2.43. The Hall–Kier alpha value is -2.20. The first-order valence-electron chi connectivity index (χ1n) is 6.86. The molecule has 0 amide bonds. The Morgan fingerprint density at radius 3 is 2.60 bits per heavy atom. The van der Waals surface area contributed by atoms with Gasteiger partial charge in [-0.2, -0.15) is 0 Å². The molecule has 0 saturated carbocycles. The van der Waals surface area contributed by atoms with Gasteiger partial charge in [0.05, 0.1) is 0 Å². The third-order valence-corrected chi connectivity index (χ3v) is 3.49. The number of ketones is 1. The Labute approximate surface area is 118 Å². The molecule has 0 spiro atoms. The monoisotopic (exact) mass is 267 g/mol. The van der Waals surface area contributed by atoms with E-state index in [-0.39, 0.29) is 5.78 Å². The molecular weight excluding hydrogens is 250 g/mol. The fourth-order valence-corrected chi connectivity index (χ4v) is 2.40. The molecule has 1 fully saturated rings. The summed E-state index contributed by atoms with van der Waals surface area (Å²) >= 11 is 0. The van der Waals surface area contributed by atoms with Gasteiger partial charge in [0.1, 0.15) is 5.69 Å². The first-order chi connectivity index (χ1) is 9.84. The normalized spacial score (nSPS) is 15.1. The summed E-state index contributed by atoms with van der Waals surface area (Å²) < 4.78 is 0. The Balaban J connectivity index is 1.85. The van der Waals surface area contributed by atoms with Crippen molar-refractivity contribution in [2.45, 2.75) is 0 Å². The van der Waals surface area contributed by atoms with E-state index in [1.165, 1.54) is 0 Å². The molecule has 4 heteroatoms. The smallest absolute Gasteiger partial charge is 0.211 e. The number of nitrogens with zero attached hydrogens (tertiary/aromatic N) is 2. The standard InChI is InChI=1S/C16H17N3O/c20-16(13-4-2-1-3-5-13)15-12-14(6-7-18-15)19-10-8-17-9-11-19/h1-7,12,17H,8-11H2. The predicted octanol–water partition coefficient (Wildman–Crippen LogP) is 1.72. The Morgan fingerprint density at radius 2 is 1.85 bits per heavy atom. The second-order valence-corrected chi connectivity index (χ2v) is 4.83. The van der Waals surface area contributed by atoms with Gasteiger partial charge in [-0.05, 0) is 12.1 Å². The molecule has 4 nitrogen and oxygen atoms in total. The summed E-state index contributed by atoms with van der Waals surface area (Å²) in [7, 11) is 0. The van der Waals surface area contributed by atoms with Crippen LogP contribution in [0.5, 0.6) is 0 Å². The topological polar surface area (TPSA) is 45.2 Å². The highest BCUT2D eigenvalue weighted by Crippen LogP contribution is 2.17. The number of nitrogens with one attached hydrogen (secondary N) is 1. The van der Waals surface area contributed by atoms with Crippen LogP contribution >= 0.6 is 0 Å². The molecule has 3 rings (SSSR count). The number of aromatic nitrogens is 1. The van der Waals surface area contributed by atoms with Crippen molar-refractivity contribution in [1.29, 1.82) is 0 Å². The second kappa shape index (κ2) is 5.84. The van der Waals surface area contributed by atoms with E-state index in [9.17, 15) is 4.79 Å². The van der Waals surface area contributed by atoms with Gasteiger partial charge in [-0.3, -0.25) is 9.78 Å². The van der Waals surface area contributed by atoms with Crippen molar-refractivity contribution in [2.75, 3.05) is 31.1 Å². The van der Waals surface area contributed by atoms with Crippen LogP contribution in [0.15, 0.2) is 48.7 Å². The van der Waals surface area contributed by atoms with Crippen LogP contribution in [0.4, 0.5) is 5.69 Å². The van der Waals surface area contributed by atoms with Crippen LogP contribution in [0.2, 0.25) is 0 Å². The second-order valence-electron chi connectivity index (χ2n) is 4.83. The molecule has 1 aromatic carbocycles. The van der Waals surface area contributed by atoms with Crippen molar-refractivity contribution >= 4 is 11.5 Å². The number of carbonyl (C=O) groups is 1. The highest BCUT2D eigenvalue weighted by molar-refractivity contribution is 6.08. The summed E-state index contributed by atoms with van der Waals surface area (Å²) in [4.78, 5) is 18.9. The molecule has 0 bridgehead atoms. The molecule has 2 aromatic rings. The number of anilines is 1. The maximum Gasteiger partial charge on any atom is 0.211 e. The Bertz CT molecular complexity index is 592. The molecule has 102 valence electrons. The molecule has 2 heterocycles. The molecule has 1 aromatic heterocycles. The van der Waals surface area contributed by atoms with E-state index in [4.69, 9.17) is 0 Å². The van der Waals surface area contributed by atoms with Crippen molar-refractivity contribution in [2.24, 2.45) is 0 Å². The maximum atomic E-state index is 12.4. The largest absolute Gasteiger partial charge is 0.369 e. The van der Waals surface area contributed by atoms with Crippen molar-refractivity contribution in [3.63, 3.8) is 0 Å². The lowest BCUT2D eigenvalue weighted by Gasteiger charge is -2.29. The Morgan fingerprint density at radius 1 is 1.10 bits per heavy atom. The summed E-state index contributed by atoms with van der Waals surface area (Å²) in [5.74, 6) is -0.0254. The molecule has 0 radical (unpaired) electrons. The number of rotatable bonds is 3. The lowest BCUT2D eigenvalue weighted by molar-refractivity contribution is 0.103. The zero-order valence-corrected chi connectivity index (χ0v) is 11.2. The number of hydrogen-bond donors (Lipinski definition) is 1. The minimum Gasteiger partial charge on any atom is -0.369 e. The number of benzene rings is 1. The SMILES string of the molecule is O=C(c1ccccc1)c1cc(N2CCNCC2)ccn1. The molecule has 0 atom stereocenters. The maximum absolute atomic E-state index is 12.4. The summed E-state index contributed by atoms with van der Waals surface area (Å²) in [5.41, 5.74) is 2.26. The quantitative estimate of drug-likeness (QED) is 0.860. The van der Waals surface area contributed by atoms with Crippen molar-refractivity contribution in [3.8, 4) is 0 Å². The van der Waals surface area contributed by atoms with Gasteiger partial charge in [-0.15, -0.1) is 0 Å². The molecule has 1 N–H and O–H groups in total. The first-order valence-corrected chi connectivity index (χ1v) is 6.86. The van der Waals surface area contributed by atoms with Crippen LogP contribution in [0.3, 0.4) is 0 Å². The summed E-state index contributed by atoms with van der Waals surface area (Å²) in [6, 6.07) is 13.1. The van der Waals surface area contributed by atoms with Gasteiger partial charge >= 0.3 is 0 Å². The van der Waals surface area contributed by atoms with E-state index < -0.39 is 0 Å². The van der Waals surface area contributed by atoms with Crippen molar-refractivity contribution < 1.29 is 4.79 Å². The number of piperazine rings is 1. The summed E-state index contributed by atoms with van der Waals surface area (Å²) in [6.45, 7) is 3.88. The third-order valence-electron chi connectivity index (χ3n) is 3.49. The fraction of sp³-hybridized carbons (Fsp3) is 0.250. The summed E-state index contributed by atoms with van der Waals surface area (Å²) in [6.07, 6.45) is 1.72. The van der Waals surface area contributed by atoms with Gasteiger partial charge in [0, 0.05) is 43.6 Å². The van der Waals surface area contributed by atoms with Crippen LogP contribution in [0, 0.1) is 0 Å². The van der Waals surface area contributed by atoms with Crippen molar-refractivity contribution in [1.82, 2.24) is 10.3 Å². The highest BCUT2D eigenvalue weighted by Gasteiger charge is 2.14. The minimum atomic E-state index is -0.0254. The van der Waals surface area contributed by atoms with E-state index in [2.05, 4.69) is 15.2 Å². The molecule has 20 heavy (non-hydrogen) atoms. The van der Waals surface area contributed by atoms with Crippen LogP contribution in [-0.4, -0.2) is 36.9 Å². The average molecular weight is 267 g/mol. The van der Waals surface area contributed by atoms with E-state index in [1.54, 1.807) is 6.20 Å². The van der Waals surface area contributed by atoms with E-state index >= 15 is 0 Å². The first kappa shape index (κ1) is 12.8. The van der Waals surface area contributed by atoms with E-state index in [0.717, 1.165) is 31.9 Å².